The van der Waals surface area contributed by atoms with E-state index in [2.05, 4.69) is 41.9 Å². The molecule has 0 aromatic heterocycles. The number of aliphatic imine (C=N–C) groups is 2. The summed E-state index contributed by atoms with van der Waals surface area (Å²) >= 11 is 0. The largest absolute Gasteiger partial charge is 0.368 e. The molecule has 2 aliphatic heterocycles. The standard InChI is InChI=1S/C27H43N9O7/c1-14(2)22-27(43)34-18(23(28)39)8-9-21(38)30-10-6-5-7-19(33-16(4)37)25(41)35-20(11-17-12-29-13-31-17)26(42)32-15(3)24(40)36-22/h13-15,18-20,22H,5-12H2,1-4H3,(H2,28,39)(H,30,38)(H,32,42)(H,33,37)(H,34,43)(H,35,41)(H,36,40)/t15-,18+,19+,20+,22+/m1/s1. The first-order valence-corrected chi connectivity index (χ1v) is 14.4. The Labute approximate surface area is 250 Å². The molecule has 2 aliphatic rings. The Kier molecular flexibility index (Phi) is 13.7. The number of primary amides is 1. The predicted octanol–water partition coefficient (Wildman–Crippen LogP) is -2.46. The third-order valence-corrected chi connectivity index (χ3v) is 6.92. The van der Waals surface area contributed by atoms with Crippen LogP contribution >= 0.6 is 0 Å². The van der Waals surface area contributed by atoms with Crippen molar-refractivity contribution in [2.75, 3.05) is 13.1 Å². The molecule has 43 heavy (non-hydrogen) atoms. The van der Waals surface area contributed by atoms with Crippen molar-refractivity contribution < 1.29 is 33.6 Å². The summed E-state index contributed by atoms with van der Waals surface area (Å²) in [5.74, 6) is -4.70. The van der Waals surface area contributed by atoms with Gasteiger partial charge in [0.05, 0.1) is 6.54 Å². The summed E-state index contributed by atoms with van der Waals surface area (Å²) in [5.41, 5.74) is 6.00. The summed E-state index contributed by atoms with van der Waals surface area (Å²) in [5, 5.41) is 15.6. The molecule has 0 spiro atoms. The molecule has 0 unspecified atom stereocenters. The lowest BCUT2D eigenvalue weighted by Crippen LogP contribution is -2.59. The van der Waals surface area contributed by atoms with E-state index in [1.54, 1.807) is 13.8 Å². The smallest absolute Gasteiger partial charge is 0.243 e. The van der Waals surface area contributed by atoms with Crippen molar-refractivity contribution in [3.63, 3.8) is 0 Å². The molecule has 1 fully saturated rings. The first-order valence-electron chi connectivity index (χ1n) is 14.4. The highest BCUT2D eigenvalue weighted by Crippen LogP contribution is 2.08. The van der Waals surface area contributed by atoms with Gasteiger partial charge in [0.15, 0.2) is 0 Å². The van der Waals surface area contributed by atoms with Crippen LogP contribution < -0.4 is 37.6 Å². The minimum atomic E-state index is -1.15. The Morgan fingerprint density at radius 3 is 2.30 bits per heavy atom. The first kappa shape index (κ1) is 34.8. The Morgan fingerprint density at radius 2 is 1.70 bits per heavy atom. The second-order valence-electron chi connectivity index (χ2n) is 11.0. The van der Waals surface area contributed by atoms with Crippen LogP contribution in [0.1, 0.15) is 66.2 Å². The fourth-order valence-corrected chi connectivity index (χ4v) is 4.46. The van der Waals surface area contributed by atoms with Crippen LogP contribution in [0.2, 0.25) is 0 Å². The van der Waals surface area contributed by atoms with Crippen molar-refractivity contribution in [3.8, 4) is 0 Å². The van der Waals surface area contributed by atoms with Gasteiger partial charge in [0.1, 0.15) is 36.5 Å². The number of nitrogens with zero attached hydrogens (tertiary/aromatic N) is 2. The van der Waals surface area contributed by atoms with Crippen molar-refractivity contribution in [2.24, 2.45) is 21.6 Å². The topological polar surface area (TPSA) is 242 Å². The average Bonchev–Trinajstić information content (AvgIpc) is 3.44. The molecule has 0 aromatic rings. The van der Waals surface area contributed by atoms with Crippen LogP contribution in [0.5, 0.6) is 0 Å². The molecular formula is C27H43N9O7. The van der Waals surface area contributed by atoms with E-state index in [4.69, 9.17) is 5.73 Å². The summed E-state index contributed by atoms with van der Waals surface area (Å²) < 4.78 is 0. The fourth-order valence-electron chi connectivity index (χ4n) is 4.46. The van der Waals surface area contributed by atoms with Crippen molar-refractivity contribution in [2.45, 2.75) is 96.4 Å². The Morgan fingerprint density at radius 1 is 0.977 bits per heavy atom. The van der Waals surface area contributed by atoms with Gasteiger partial charge in [0, 0.05) is 32.0 Å². The molecule has 0 saturated carbocycles. The van der Waals surface area contributed by atoms with Gasteiger partial charge >= 0.3 is 0 Å². The van der Waals surface area contributed by atoms with Gasteiger partial charge in [-0.25, -0.2) is 4.99 Å². The van der Waals surface area contributed by atoms with Gasteiger partial charge in [-0.3, -0.25) is 38.6 Å². The van der Waals surface area contributed by atoms with E-state index in [9.17, 15) is 33.6 Å². The van der Waals surface area contributed by atoms with Gasteiger partial charge < -0.3 is 37.6 Å². The third kappa shape index (κ3) is 11.8. The van der Waals surface area contributed by atoms with Crippen molar-refractivity contribution in [3.05, 3.63) is 0 Å². The van der Waals surface area contributed by atoms with Gasteiger partial charge in [0.25, 0.3) is 0 Å². The zero-order valence-electron chi connectivity index (χ0n) is 25.0. The molecule has 0 radical (unpaired) electrons. The normalized spacial score (nSPS) is 27.0. The molecule has 2 heterocycles. The van der Waals surface area contributed by atoms with E-state index in [1.165, 1.54) is 20.2 Å². The molecule has 5 atom stereocenters. The van der Waals surface area contributed by atoms with Crippen LogP contribution in [0.25, 0.3) is 0 Å². The summed E-state index contributed by atoms with van der Waals surface area (Å²) in [4.78, 5) is 96.9. The maximum Gasteiger partial charge on any atom is 0.243 e. The SMILES string of the molecule is CC(=O)N[C@H]1CCCCNC(=O)CC[C@@H](C(N)=O)NC(=O)[C@H](C(C)C)NC(=O)[C@@H](C)NC(=O)[C@H](CC2=NC=NC2)NC1=O. The molecule has 2 rings (SSSR count). The zero-order valence-corrected chi connectivity index (χ0v) is 25.0. The molecule has 238 valence electrons. The summed E-state index contributed by atoms with van der Waals surface area (Å²) in [7, 11) is 0. The van der Waals surface area contributed by atoms with Gasteiger partial charge in [-0.15, -0.1) is 0 Å². The van der Waals surface area contributed by atoms with E-state index in [1.807, 2.05) is 0 Å². The molecular weight excluding hydrogens is 562 g/mol. The van der Waals surface area contributed by atoms with Gasteiger partial charge in [-0.2, -0.15) is 0 Å². The minimum absolute atomic E-state index is 0.0102. The van der Waals surface area contributed by atoms with Crippen LogP contribution in [0.4, 0.5) is 0 Å². The van der Waals surface area contributed by atoms with Crippen molar-refractivity contribution in [1.82, 2.24) is 31.9 Å². The molecule has 7 amide bonds. The third-order valence-electron chi connectivity index (χ3n) is 6.92. The van der Waals surface area contributed by atoms with Gasteiger partial charge in [-0.1, -0.05) is 13.8 Å². The second kappa shape index (κ2) is 16.9. The number of carbonyl (C=O) groups excluding carboxylic acids is 7. The highest BCUT2D eigenvalue weighted by molar-refractivity contribution is 6.02. The maximum atomic E-state index is 13.3. The number of rotatable bonds is 5. The van der Waals surface area contributed by atoms with Crippen molar-refractivity contribution in [1.29, 1.82) is 0 Å². The second-order valence-corrected chi connectivity index (χ2v) is 11.0. The van der Waals surface area contributed by atoms with E-state index in [-0.39, 0.29) is 44.7 Å². The fraction of sp³-hybridized carbons (Fsp3) is 0.667. The van der Waals surface area contributed by atoms with Crippen molar-refractivity contribution >= 4 is 53.4 Å². The summed E-state index contributed by atoms with van der Waals surface area (Å²) in [6.07, 6.45) is 2.36. The molecule has 16 heteroatoms. The van der Waals surface area contributed by atoms with E-state index < -0.39 is 71.6 Å². The van der Waals surface area contributed by atoms with Crippen LogP contribution in [0.15, 0.2) is 9.98 Å². The van der Waals surface area contributed by atoms with Crippen LogP contribution in [0, 0.1) is 5.92 Å². The Hall–Kier alpha value is -4.37. The number of hydrogen-bond donors (Lipinski definition) is 7. The zero-order chi connectivity index (χ0) is 32.1. The summed E-state index contributed by atoms with van der Waals surface area (Å²) in [6, 6.07) is -5.47. The molecule has 1 saturated heterocycles. The number of nitrogens with two attached hydrogens (primary N) is 1. The monoisotopic (exact) mass is 605 g/mol. The Bertz CT molecular complexity index is 1140. The maximum absolute atomic E-state index is 13.3. The lowest BCUT2D eigenvalue weighted by atomic mass is 10.0. The van der Waals surface area contributed by atoms with E-state index in [0.717, 1.165) is 0 Å². The van der Waals surface area contributed by atoms with E-state index in [0.29, 0.717) is 18.6 Å². The number of amides is 7. The molecule has 0 aromatic carbocycles. The molecule has 0 aliphatic carbocycles. The minimum Gasteiger partial charge on any atom is -0.368 e. The number of hydrogen-bond acceptors (Lipinski definition) is 9. The lowest BCUT2D eigenvalue weighted by Gasteiger charge is -2.27. The lowest BCUT2D eigenvalue weighted by molar-refractivity contribution is -0.135. The van der Waals surface area contributed by atoms with Crippen LogP contribution in [-0.4, -0.2) is 96.7 Å². The first-order chi connectivity index (χ1) is 20.3. The Balaban J connectivity index is 2.32. The average molecular weight is 606 g/mol. The van der Waals surface area contributed by atoms with Crippen LogP contribution in [-0.2, 0) is 33.6 Å². The highest BCUT2D eigenvalue weighted by atomic mass is 16.2. The number of nitrogens with one attached hydrogen (secondary N) is 6. The highest BCUT2D eigenvalue weighted by Gasteiger charge is 2.32. The van der Waals surface area contributed by atoms with Crippen LogP contribution in [0.3, 0.4) is 0 Å². The van der Waals surface area contributed by atoms with Gasteiger partial charge in [-0.05, 0) is 38.5 Å². The summed E-state index contributed by atoms with van der Waals surface area (Å²) in [6.45, 7) is 6.56. The quantitative estimate of drug-likeness (QED) is 0.178. The van der Waals surface area contributed by atoms with Gasteiger partial charge in [0.2, 0.25) is 41.4 Å². The molecule has 16 nitrogen and oxygen atoms in total. The predicted molar refractivity (Wildman–Crippen MR) is 157 cm³/mol. The molecule has 8 N–H and O–H groups in total. The van der Waals surface area contributed by atoms with E-state index >= 15 is 0 Å². The molecule has 0 bridgehead atoms. The number of carbonyl (C=O) groups is 7.